The van der Waals surface area contributed by atoms with Crippen LogP contribution in [0.5, 0.6) is 0 Å². The lowest BCUT2D eigenvalue weighted by atomic mass is 9.73. The molecule has 0 spiro atoms. The van der Waals surface area contributed by atoms with Crippen LogP contribution in [-0.4, -0.2) is 35.0 Å². The van der Waals surface area contributed by atoms with Crippen molar-refractivity contribution in [3.05, 3.63) is 63.2 Å². The molecule has 4 rings (SSSR count). The highest BCUT2D eigenvalue weighted by molar-refractivity contribution is 6.46. The predicted molar refractivity (Wildman–Crippen MR) is 164 cm³/mol. The van der Waals surface area contributed by atoms with E-state index >= 15 is 0 Å². The van der Waals surface area contributed by atoms with Crippen LogP contribution in [0.1, 0.15) is 119 Å². The molecule has 2 aliphatic rings. The number of fused-ring (bicyclic) bond motifs is 3. The van der Waals surface area contributed by atoms with Gasteiger partial charge in [-0.2, -0.15) is 0 Å². The minimum atomic E-state index is -0.552. The van der Waals surface area contributed by atoms with Crippen molar-refractivity contribution < 1.29 is 28.9 Å². The van der Waals surface area contributed by atoms with E-state index in [1.807, 2.05) is 32.9 Å². The third-order valence-electron chi connectivity index (χ3n) is 9.06. The smallest absolute Gasteiger partial charge is 0.335 e. The summed E-state index contributed by atoms with van der Waals surface area (Å²) in [6.07, 6.45) is 8.94. The first-order valence-corrected chi connectivity index (χ1v) is 15.6. The Kier molecular flexibility index (Phi) is 10.8. The fourth-order valence-corrected chi connectivity index (χ4v) is 6.62. The minimum Gasteiger partial charge on any atom is -0.466 e. The lowest BCUT2D eigenvalue weighted by Crippen LogP contribution is -2.24. The third-order valence-corrected chi connectivity index (χ3v) is 9.06. The van der Waals surface area contributed by atoms with Crippen molar-refractivity contribution >= 4 is 29.1 Å². The molecule has 0 saturated heterocycles. The largest absolute Gasteiger partial charge is 0.466 e. The lowest BCUT2D eigenvalue weighted by molar-refractivity contribution is -0.384. The SMILES string of the molecule is CCCC(=O)ON=C(CCC(=O)OCCCC1CCCC1)C(=O)c1ccc2c(c1)C(CC)(CC)c1cc([N+](=O)[O-])ccc1-2. The molecule has 0 atom stereocenters. The van der Waals surface area contributed by atoms with Crippen LogP contribution in [0.2, 0.25) is 0 Å². The summed E-state index contributed by atoms with van der Waals surface area (Å²) in [6, 6.07) is 10.3. The molecule has 9 heteroatoms. The van der Waals surface area contributed by atoms with Gasteiger partial charge in [0, 0.05) is 36.0 Å². The van der Waals surface area contributed by atoms with Crippen molar-refractivity contribution in [1.29, 1.82) is 0 Å². The monoisotopic (exact) mass is 590 g/mol. The highest BCUT2D eigenvalue weighted by Crippen LogP contribution is 2.53. The summed E-state index contributed by atoms with van der Waals surface area (Å²) in [7, 11) is 0. The normalized spacial score (nSPS) is 15.6. The number of nitrogens with zero attached hydrogens (tertiary/aromatic N) is 2. The first-order chi connectivity index (χ1) is 20.7. The van der Waals surface area contributed by atoms with Gasteiger partial charge in [0.15, 0.2) is 0 Å². The molecule has 1 fully saturated rings. The van der Waals surface area contributed by atoms with Crippen LogP contribution in [0.4, 0.5) is 5.69 Å². The van der Waals surface area contributed by atoms with Gasteiger partial charge < -0.3 is 9.57 Å². The summed E-state index contributed by atoms with van der Waals surface area (Å²) in [5.74, 6) is -0.690. The Labute approximate surface area is 253 Å². The van der Waals surface area contributed by atoms with Gasteiger partial charge >= 0.3 is 11.9 Å². The van der Waals surface area contributed by atoms with Crippen molar-refractivity contribution in [2.75, 3.05) is 6.61 Å². The average molecular weight is 591 g/mol. The molecule has 230 valence electrons. The molecular weight excluding hydrogens is 548 g/mol. The molecule has 0 radical (unpaired) electrons. The van der Waals surface area contributed by atoms with E-state index in [1.165, 1.54) is 31.7 Å². The maximum atomic E-state index is 13.8. The molecule has 2 aromatic carbocycles. The number of oxime groups is 1. The fraction of sp³-hybridized carbons (Fsp3) is 0.529. The topological polar surface area (TPSA) is 125 Å². The van der Waals surface area contributed by atoms with E-state index in [0.29, 0.717) is 31.4 Å². The van der Waals surface area contributed by atoms with E-state index in [9.17, 15) is 24.5 Å². The van der Waals surface area contributed by atoms with Gasteiger partial charge in [0.05, 0.1) is 18.0 Å². The Morgan fingerprint density at radius 1 is 0.930 bits per heavy atom. The van der Waals surface area contributed by atoms with Crippen LogP contribution >= 0.6 is 0 Å². The lowest BCUT2D eigenvalue weighted by Gasteiger charge is -2.29. The molecular formula is C34H42N2O7. The van der Waals surface area contributed by atoms with Crippen molar-refractivity contribution in [1.82, 2.24) is 0 Å². The number of ketones is 1. The zero-order valence-corrected chi connectivity index (χ0v) is 25.5. The van der Waals surface area contributed by atoms with Crippen LogP contribution in [-0.2, 0) is 24.6 Å². The number of carbonyl (C=O) groups is 3. The molecule has 9 nitrogen and oxygen atoms in total. The highest BCUT2D eigenvalue weighted by Gasteiger charge is 2.42. The van der Waals surface area contributed by atoms with Gasteiger partial charge in [-0.1, -0.05) is 63.7 Å². The zero-order valence-electron chi connectivity index (χ0n) is 25.5. The first kappa shape index (κ1) is 32.0. The molecule has 0 aliphatic heterocycles. The Balaban J connectivity index is 1.53. The average Bonchev–Trinajstić information content (AvgIpc) is 3.63. The van der Waals surface area contributed by atoms with Gasteiger partial charge in [-0.3, -0.25) is 19.7 Å². The van der Waals surface area contributed by atoms with Gasteiger partial charge in [0.2, 0.25) is 5.78 Å². The number of hydrogen-bond donors (Lipinski definition) is 0. The molecule has 0 unspecified atom stereocenters. The Morgan fingerprint density at radius 3 is 2.26 bits per heavy atom. The number of Topliss-reactive ketones (excluding diaryl/α,β-unsaturated/α-hetero) is 1. The number of esters is 1. The van der Waals surface area contributed by atoms with Crippen LogP contribution in [0, 0.1) is 16.0 Å². The standard InChI is InChI=1S/C34H42N2O7/c1-4-10-32(38)43-35-30(18-19-31(37)42-20-9-13-23-11-7-8-12-23)33(39)24-14-16-26-27-17-15-25(36(40)41)22-29(27)34(5-2,6-3)28(26)21-24/h14-17,21-23H,4-13,18-20H2,1-3H3. The number of rotatable bonds is 15. The molecule has 0 N–H and O–H groups in total. The molecule has 43 heavy (non-hydrogen) atoms. The summed E-state index contributed by atoms with van der Waals surface area (Å²) in [5.41, 5.74) is 3.50. The van der Waals surface area contributed by atoms with Gasteiger partial charge in [0.25, 0.3) is 5.69 Å². The second kappa shape index (κ2) is 14.5. The molecule has 0 aromatic heterocycles. The number of non-ortho nitro benzene ring substituents is 1. The number of nitro benzene ring substituents is 1. The van der Waals surface area contributed by atoms with Crippen LogP contribution in [0.15, 0.2) is 41.6 Å². The Hall–Kier alpha value is -3.88. The maximum absolute atomic E-state index is 13.8. The molecule has 2 aromatic rings. The van der Waals surface area contributed by atoms with Gasteiger partial charge in [0.1, 0.15) is 5.71 Å². The number of nitro groups is 1. The van der Waals surface area contributed by atoms with Gasteiger partial charge in [-0.25, -0.2) is 4.79 Å². The van der Waals surface area contributed by atoms with Crippen molar-refractivity contribution in [2.45, 2.75) is 103 Å². The second-order valence-corrected chi connectivity index (χ2v) is 11.6. The van der Waals surface area contributed by atoms with E-state index < -0.39 is 28.1 Å². The first-order valence-electron chi connectivity index (χ1n) is 15.6. The summed E-state index contributed by atoms with van der Waals surface area (Å²) in [4.78, 5) is 54.6. The minimum absolute atomic E-state index is 0.0304. The third kappa shape index (κ3) is 7.20. The second-order valence-electron chi connectivity index (χ2n) is 11.6. The fourth-order valence-electron chi connectivity index (χ4n) is 6.62. The zero-order chi connectivity index (χ0) is 31.0. The van der Waals surface area contributed by atoms with E-state index in [2.05, 4.69) is 5.16 Å². The number of carbonyl (C=O) groups excluding carboxylic acids is 3. The van der Waals surface area contributed by atoms with E-state index in [1.54, 1.807) is 18.2 Å². The van der Waals surface area contributed by atoms with Crippen LogP contribution in [0.3, 0.4) is 0 Å². The summed E-state index contributed by atoms with van der Waals surface area (Å²) in [6.45, 7) is 6.26. The van der Waals surface area contributed by atoms with E-state index in [4.69, 9.17) is 9.57 Å². The highest BCUT2D eigenvalue weighted by atomic mass is 16.7. The Bertz CT molecular complexity index is 1390. The van der Waals surface area contributed by atoms with Gasteiger partial charge in [-0.15, -0.1) is 0 Å². The summed E-state index contributed by atoms with van der Waals surface area (Å²) < 4.78 is 5.42. The van der Waals surface area contributed by atoms with E-state index in [0.717, 1.165) is 41.0 Å². The van der Waals surface area contributed by atoms with Crippen molar-refractivity contribution in [2.24, 2.45) is 11.1 Å². The molecule has 0 amide bonds. The molecule has 1 saturated carbocycles. The molecule has 0 heterocycles. The maximum Gasteiger partial charge on any atom is 0.335 e. The van der Waals surface area contributed by atoms with Gasteiger partial charge in [-0.05, 0) is 72.4 Å². The summed E-state index contributed by atoms with van der Waals surface area (Å²) >= 11 is 0. The predicted octanol–water partition coefficient (Wildman–Crippen LogP) is 7.86. The van der Waals surface area contributed by atoms with Crippen LogP contribution in [0.25, 0.3) is 11.1 Å². The van der Waals surface area contributed by atoms with E-state index in [-0.39, 0.29) is 30.7 Å². The molecule has 0 bridgehead atoms. The summed E-state index contributed by atoms with van der Waals surface area (Å²) in [5, 5.41) is 15.5. The number of ether oxygens (including phenoxy) is 1. The quantitative estimate of drug-likeness (QED) is 0.0393. The van der Waals surface area contributed by atoms with Crippen LogP contribution < -0.4 is 0 Å². The number of benzene rings is 2. The number of hydrogen-bond acceptors (Lipinski definition) is 8. The van der Waals surface area contributed by atoms with Crippen molar-refractivity contribution in [3.63, 3.8) is 0 Å². The Morgan fingerprint density at radius 2 is 1.60 bits per heavy atom. The van der Waals surface area contributed by atoms with Crippen molar-refractivity contribution in [3.8, 4) is 11.1 Å². The molecule has 2 aliphatic carbocycles.